The highest BCUT2D eigenvalue weighted by Gasteiger charge is 2.24. The smallest absolute Gasteiger partial charge is 0.140 e. The fourth-order valence-electron chi connectivity index (χ4n) is 6.20. The molecule has 5 rings (SSSR count). The van der Waals surface area contributed by atoms with E-state index in [0.717, 1.165) is 17.5 Å². The fraction of sp³-hybridized carbons (Fsp3) is 0.438. The molecule has 4 aromatic rings. The summed E-state index contributed by atoms with van der Waals surface area (Å²) in [5.41, 5.74) is 5.11. The summed E-state index contributed by atoms with van der Waals surface area (Å²) < 4.78 is 2.42. The quantitative estimate of drug-likeness (QED) is 0.234. The van der Waals surface area contributed by atoms with E-state index >= 15 is 0 Å². The molecule has 0 spiro atoms. The number of pyridine rings is 2. The lowest BCUT2D eigenvalue weighted by atomic mass is 9.75. The van der Waals surface area contributed by atoms with E-state index in [1.165, 1.54) is 86.3 Å². The molecule has 3 nitrogen and oxygen atoms in total. The highest BCUT2D eigenvalue weighted by atomic mass is 15.1. The summed E-state index contributed by atoms with van der Waals surface area (Å²) in [6, 6.07) is 19.8. The van der Waals surface area contributed by atoms with E-state index < -0.39 is 0 Å². The van der Waals surface area contributed by atoms with Crippen molar-refractivity contribution in [3.8, 4) is 11.1 Å². The van der Waals surface area contributed by atoms with Gasteiger partial charge in [0.15, 0.2) is 0 Å². The fourth-order valence-corrected chi connectivity index (χ4v) is 6.20. The Balaban J connectivity index is 1.26. The molecule has 0 aliphatic heterocycles. The normalized spacial score (nSPS) is 16.4. The zero-order chi connectivity index (χ0) is 23.9. The highest BCUT2D eigenvalue weighted by Crippen LogP contribution is 2.37. The molecule has 1 fully saturated rings. The van der Waals surface area contributed by atoms with Crippen LogP contribution in [0.15, 0.2) is 79.4 Å². The third kappa shape index (κ3) is 5.83. The minimum Gasteiger partial charge on any atom is -0.329 e. The molecule has 0 amide bonds. The molecule has 0 bridgehead atoms. The SMILES string of the molecule is CC(CCCC(CCc1ccncc1)C1CCCCC1)n1cc(-c2ccccc2)c2cccnc21. The van der Waals surface area contributed by atoms with E-state index in [1.807, 2.05) is 18.6 Å². The molecule has 3 heteroatoms. The molecule has 1 aliphatic rings. The predicted molar refractivity (Wildman–Crippen MR) is 146 cm³/mol. The number of aryl methyl sites for hydroxylation is 1. The predicted octanol–water partition coefficient (Wildman–Crippen LogP) is 8.66. The van der Waals surface area contributed by atoms with Crippen molar-refractivity contribution in [2.45, 2.75) is 77.2 Å². The Morgan fingerprint density at radius 1 is 0.857 bits per heavy atom. The van der Waals surface area contributed by atoms with Crippen LogP contribution in [0.3, 0.4) is 0 Å². The summed E-state index contributed by atoms with van der Waals surface area (Å²) in [4.78, 5) is 8.98. The second kappa shape index (κ2) is 11.7. The van der Waals surface area contributed by atoms with Gasteiger partial charge in [0.25, 0.3) is 0 Å². The number of hydrogen-bond donors (Lipinski definition) is 0. The van der Waals surface area contributed by atoms with Crippen molar-refractivity contribution in [2.24, 2.45) is 11.8 Å². The van der Waals surface area contributed by atoms with E-state index in [1.54, 1.807) is 0 Å². The van der Waals surface area contributed by atoms with Gasteiger partial charge in [0.05, 0.1) is 0 Å². The van der Waals surface area contributed by atoms with Gasteiger partial charge in [-0.15, -0.1) is 0 Å². The average molecular weight is 466 g/mol. The third-order valence-electron chi connectivity index (χ3n) is 8.22. The van der Waals surface area contributed by atoms with Crippen LogP contribution in [-0.2, 0) is 6.42 Å². The topological polar surface area (TPSA) is 30.7 Å². The van der Waals surface area contributed by atoms with E-state index in [9.17, 15) is 0 Å². The average Bonchev–Trinajstić information content (AvgIpc) is 3.32. The van der Waals surface area contributed by atoms with Crippen LogP contribution in [0.2, 0.25) is 0 Å². The molecule has 1 aliphatic carbocycles. The molecule has 0 saturated heterocycles. The first-order chi connectivity index (χ1) is 17.3. The lowest BCUT2D eigenvalue weighted by molar-refractivity contribution is 0.217. The number of rotatable bonds is 10. The maximum absolute atomic E-state index is 4.79. The first-order valence-corrected chi connectivity index (χ1v) is 13.7. The van der Waals surface area contributed by atoms with Crippen LogP contribution in [0.1, 0.15) is 76.3 Å². The van der Waals surface area contributed by atoms with Crippen molar-refractivity contribution in [2.75, 3.05) is 0 Å². The molecular formula is C32H39N3. The van der Waals surface area contributed by atoms with Crippen molar-refractivity contribution in [1.82, 2.24) is 14.5 Å². The van der Waals surface area contributed by atoms with Gasteiger partial charge >= 0.3 is 0 Å². The van der Waals surface area contributed by atoms with Gasteiger partial charge in [-0.3, -0.25) is 4.98 Å². The van der Waals surface area contributed by atoms with E-state index in [0.29, 0.717) is 6.04 Å². The lowest BCUT2D eigenvalue weighted by Gasteiger charge is -2.31. The van der Waals surface area contributed by atoms with Crippen molar-refractivity contribution >= 4 is 11.0 Å². The Morgan fingerprint density at radius 2 is 1.66 bits per heavy atom. The van der Waals surface area contributed by atoms with Gasteiger partial charge in [-0.25, -0.2) is 4.98 Å². The Morgan fingerprint density at radius 3 is 2.46 bits per heavy atom. The van der Waals surface area contributed by atoms with Crippen LogP contribution in [0.4, 0.5) is 0 Å². The third-order valence-corrected chi connectivity index (χ3v) is 8.22. The lowest BCUT2D eigenvalue weighted by Crippen LogP contribution is -2.19. The molecule has 35 heavy (non-hydrogen) atoms. The second-order valence-corrected chi connectivity index (χ2v) is 10.5. The van der Waals surface area contributed by atoms with Gasteiger partial charge < -0.3 is 4.57 Å². The Bertz CT molecular complexity index is 1180. The highest BCUT2D eigenvalue weighted by molar-refractivity contribution is 5.94. The summed E-state index contributed by atoms with van der Waals surface area (Å²) in [6.45, 7) is 2.37. The summed E-state index contributed by atoms with van der Waals surface area (Å²) in [5.74, 6) is 1.76. The summed E-state index contributed by atoms with van der Waals surface area (Å²) in [5, 5.41) is 1.25. The Labute approximate surface area is 210 Å². The Kier molecular flexibility index (Phi) is 7.92. The minimum absolute atomic E-state index is 0.442. The molecule has 2 atom stereocenters. The van der Waals surface area contributed by atoms with Crippen molar-refractivity contribution < 1.29 is 0 Å². The number of fused-ring (bicyclic) bond motifs is 1. The van der Waals surface area contributed by atoms with Crippen LogP contribution >= 0.6 is 0 Å². The molecule has 0 radical (unpaired) electrons. The molecular weight excluding hydrogens is 426 g/mol. The minimum atomic E-state index is 0.442. The standard InChI is InChI=1S/C32H39N3/c1-25(35-24-31(29-13-6-3-7-14-29)30-16-9-21-34-32(30)35)10-8-15-28(27-11-4-2-5-12-27)18-17-26-19-22-33-23-20-26/h3,6-7,9,13-14,16,19-25,27-28H,2,4-5,8,10-12,15,17-18H2,1H3. The van der Waals surface area contributed by atoms with E-state index in [2.05, 4.69) is 77.3 Å². The van der Waals surface area contributed by atoms with Gasteiger partial charge in [-0.1, -0.05) is 75.3 Å². The number of benzene rings is 1. The van der Waals surface area contributed by atoms with Crippen LogP contribution < -0.4 is 0 Å². The van der Waals surface area contributed by atoms with Gasteiger partial charge in [0, 0.05) is 41.8 Å². The summed E-state index contributed by atoms with van der Waals surface area (Å²) in [6.07, 6.45) is 21.6. The molecule has 3 aromatic heterocycles. The Hall–Kier alpha value is -2.94. The van der Waals surface area contributed by atoms with Gasteiger partial charge in [-0.2, -0.15) is 0 Å². The maximum atomic E-state index is 4.79. The summed E-state index contributed by atoms with van der Waals surface area (Å²) in [7, 11) is 0. The van der Waals surface area contributed by atoms with Gasteiger partial charge in [0.2, 0.25) is 0 Å². The zero-order valence-corrected chi connectivity index (χ0v) is 21.2. The number of aromatic nitrogens is 3. The molecule has 1 saturated carbocycles. The maximum Gasteiger partial charge on any atom is 0.140 e. The van der Waals surface area contributed by atoms with E-state index in [4.69, 9.17) is 4.98 Å². The molecule has 2 unspecified atom stereocenters. The van der Waals surface area contributed by atoms with Crippen LogP contribution in [-0.4, -0.2) is 14.5 Å². The molecule has 3 heterocycles. The molecule has 1 aromatic carbocycles. The number of hydrogen-bond acceptors (Lipinski definition) is 2. The first kappa shape index (κ1) is 23.8. The first-order valence-electron chi connectivity index (χ1n) is 13.7. The van der Waals surface area contributed by atoms with Crippen molar-refractivity contribution in [1.29, 1.82) is 0 Å². The zero-order valence-electron chi connectivity index (χ0n) is 21.2. The molecule has 0 N–H and O–H groups in total. The van der Waals surface area contributed by atoms with Crippen molar-refractivity contribution in [3.63, 3.8) is 0 Å². The monoisotopic (exact) mass is 465 g/mol. The van der Waals surface area contributed by atoms with Crippen LogP contribution in [0.5, 0.6) is 0 Å². The molecule has 182 valence electrons. The number of nitrogens with zero attached hydrogens (tertiary/aromatic N) is 3. The van der Waals surface area contributed by atoms with Crippen LogP contribution in [0, 0.1) is 11.8 Å². The van der Waals surface area contributed by atoms with Crippen LogP contribution in [0.25, 0.3) is 22.2 Å². The largest absolute Gasteiger partial charge is 0.329 e. The van der Waals surface area contributed by atoms with Crippen molar-refractivity contribution in [3.05, 3.63) is 84.9 Å². The van der Waals surface area contributed by atoms with Gasteiger partial charge in [-0.05, 0) is 73.4 Å². The van der Waals surface area contributed by atoms with Gasteiger partial charge in [0.1, 0.15) is 5.65 Å². The second-order valence-electron chi connectivity index (χ2n) is 10.5. The van der Waals surface area contributed by atoms with E-state index in [-0.39, 0.29) is 0 Å². The summed E-state index contributed by atoms with van der Waals surface area (Å²) >= 11 is 0.